The number of carboxylic acids is 1. The first kappa shape index (κ1) is 18.4. The summed E-state index contributed by atoms with van der Waals surface area (Å²) in [5.41, 5.74) is 0.645. The molecule has 0 aliphatic carbocycles. The normalized spacial score (nSPS) is 23.9. The number of anilines is 1. The maximum Gasteiger partial charge on any atom is 0.314 e. The molecule has 0 saturated carbocycles. The fourth-order valence-electron chi connectivity index (χ4n) is 4.37. The average molecular weight is 380 g/mol. The van der Waals surface area contributed by atoms with Crippen molar-refractivity contribution in [3.05, 3.63) is 42.1 Å². The zero-order chi connectivity index (χ0) is 19.9. The van der Waals surface area contributed by atoms with E-state index in [1.807, 2.05) is 55.1 Å². The van der Waals surface area contributed by atoms with E-state index in [9.17, 15) is 14.7 Å². The number of rotatable bonds is 5. The largest absolute Gasteiger partial charge is 0.481 e. The number of carboxylic acid groups (broad SMARTS) is 1. The highest BCUT2D eigenvalue weighted by Crippen LogP contribution is 2.45. The lowest BCUT2D eigenvalue weighted by molar-refractivity contribution is -0.149. The van der Waals surface area contributed by atoms with Crippen LogP contribution in [0.15, 0.2) is 36.4 Å². The number of aryl methyl sites for hydroxylation is 1. The number of hydrogen-bond donors (Lipinski definition) is 1. The highest BCUT2D eigenvalue weighted by Gasteiger charge is 2.62. The smallest absolute Gasteiger partial charge is 0.314 e. The minimum absolute atomic E-state index is 0.0548. The Hall–Kier alpha value is -2.96. The van der Waals surface area contributed by atoms with Gasteiger partial charge in [0.1, 0.15) is 11.2 Å². The van der Waals surface area contributed by atoms with E-state index in [1.54, 1.807) is 4.90 Å². The summed E-state index contributed by atoms with van der Waals surface area (Å²) in [6, 6.07) is 11.6. The molecule has 2 aromatic rings. The number of fused-ring (bicyclic) bond motifs is 1. The zero-order valence-electron chi connectivity index (χ0n) is 16.1. The summed E-state index contributed by atoms with van der Waals surface area (Å²) in [5.74, 6) is -0.207. The van der Waals surface area contributed by atoms with Crippen LogP contribution >= 0.6 is 0 Å². The summed E-state index contributed by atoms with van der Waals surface area (Å²) in [4.78, 5) is 37.9. The van der Waals surface area contributed by atoms with Crippen LogP contribution in [-0.2, 0) is 9.59 Å². The number of carbonyl (C=O) groups excluding carboxylic acids is 1. The highest BCUT2D eigenvalue weighted by molar-refractivity contribution is 5.93. The van der Waals surface area contributed by atoms with Gasteiger partial charge >= 0.3 is 5.97 Å². The van der Waals surface area contributed by atoms with Gasteiger partial charge in [-0.25, -0.2) is 9.97 Å². The number of aromatic nitrogens is 2. The molecular weight excluding hydrogens is 356 g/mol. The Morgan fingerprint density at radius 1 is 1.25 bits per heavy atom. The maximum absolute atomic E-state index is 12.8. The Bertz CT molecular complexity index is 917. The van der Waals surface area contributed by atoms with Crippen molar-refractivity contribution in [2.24, 2.45) is 11.3 Å². The molecule has 28 heavy (non-hydrogen) atoms. The Labute approximate surface area is 164 Å². The van der Waals surface area contributed by atoms with Crippen molar-refractivity contribution >= 4 is 17.7 Å². The van der Waals surface area contributed by atoms with Crippen molar-refractivity contribution in [1.82, 2.24) is 14.9 Å². The van der Waals surface area contributed by atoms with Gasteiger partial charge in [0.25, 0.3) is 0 Å². The molecule has 3 heterocycles. The molecule has 0 spiro atoms. The van der Waals surface area contributed by atoms with Gasteiger partial charge in [0.2, 0.25) is 5.91 Å². The summed E-state index contributed by atoms with van der Waals surface area (Å²) < 4.78 is 0. The van der Waals surface area contributed by atoms with Crippen molar-refractivity contribution in [3.63, 3.8) is 0 Å². The van der Waals surface area contributed by atoms with Crippen molar-refractivity contribution in [2.75, 3.05) is 31.1 Å². The molecule has 7 heteroatoms. The van der Waals surface area contributed by atoms with Gasteiger partial charge in [-0.15, -0.1) is 0 Å². The van der Waals surface area contributed by atoms with Crippen molar-refractivity contribution in [2.45, 2.75) is 20.3 Å². The van der Waals surface area contributed by atoms with Gasteiger partial charge in [-0.2, -0.15) is 0 Å². The third kappa shape index (κ3) is 2.91. The zero-order valence-corrected chi connectivity index (χ0v) is 16.1. The topological polar surface area (TPSA) is 86.6 Å². The first-order valence-corrected chi connectivity index (χ1v) is 9.63. The predicted octanol–water partition coefficient (Wildman–Crippen LogP) is 2.21. The summed E-state index contributed by atoms with van der Waals surface area (Å²) in [6.07, 6.45) is 0.823. The summed E-state index contributed by atoms with van der Waals surface area (Å²) in [6.45, 7) is 5.42. The minimum atomic E-state index is -1.07. The Morgan fingerprint density at radius 2 is 2.00 bits per heavy atom. The molecule has 1 N–H and O–H groups in total. The third-order valence-electron chi connectivity index (χ3n) is 5.74. The number of carbonyl (C=O) groups is 2. The molecule has 1 aromatic heterocycles. The quantitative estimate of drug-likeness (QED) is 0.856. The maximum atomic E-state index is 12.8. The predicted molar refractivity (Wildman–Crippen MR) is 105 cm³/mol. The molecule has 2 aliphatic rings. The number of nitrogens with zero attached hydrogens (tertiary/aromatic N) is 4. The second-order valence-corrected chi connectivity index (χ2v) is 7.71. The van der Waals surface area contributed by atoms with E-state index in [1.165, 1.54) is 0 Å². The number of amides is 1. The number of aliphatic carboxylic acids is 1. The minimum Gasteiger partial charge on any atom is -0.481 e. The van der Waals surface area contributed by atoms with Gasteiger partial charge in [0.15, 0.2) is 5.82 Å². The molecule has 2 fully saturated rings. The van der Waals surface area contributed by atoms with E-state index in [0.717, 1.165) is 17.7 Å². The van der Waals surface area contributed by atoms with E-state index in [-0.39, 0.29) is 19.0 Å². The first-order valence-electron chi connectivity index (χ1n) is 9.63. The SMILES string of the molecule is CCCN1C[C@]2(C(=O)O)CN(c3cc(C)nc(-c4ccccc4)n3)C[C@@H]2C1=O. The van der Waals surface area contributed by atoms with Gasteiger partial charge in [-0.3, -0.25) is 9.59 Å². The van der Waals surface area contributed by atoms with E-state index < -0.39 is 17.3 Å². The molecular formula is C21H24N4O3. The molecule has 2 saturated heterocycles. The molecule has 2 atom stereocenters. The highest BCUT2D eigenvalue weighted by atomic mass is 16.4. The summed E-state index contributed by atoms with van der Waals surface area (Å²) in [5, 5.41) is 9.99. The molecule has 0 unspecified atom stereocenters. The van der Waals surface area contributed by atoms with Gasteiger partial charge in [-0.1, -0.05) is 37.3 Å². The second-order valence-electron chi connectivity index (χ2n) is 7.71. The molecule has 2 aliphatic heterocycles. The van der Waals surface area contributed by atoms with Gasteiger partial charge < -0.3 is 14.9 Å². The molecule has 0 radical (unpaired) electrons. The third-order valence-corrected chi connectivity index (χ3v) is 5.74. The van der Waals surface area contributed by atoms with E-state index in [2.05, 4.69) is 9.97 Å². The Kier molecular flexibility index (Phi) is 4.53. The molecule has 1 amide bonds. The summed E-state index contributed by atoms with van der Waals surface area (Å²) >= 11 is 0. The van der Waals surface area contributed by atoms with Crippen LogP contribution in [-0.4, -0.2) is 58.0 Å². The fourth-order valence-corrected chi connectivity index (χ4v) is 4.37. The lowest BCUT2D eigenvalue weighted by Crippen LogP contribution is -2.41. The van der Waals surface area contributed by atoms with Crippen molar-refractivity contribution in [3.8, 4) is 11.4 Å². The van der Waals surface area contributed by atoms with Gasteiger partial charge in [0.05, 0.1) is 5.92 Å². The monoisotopic (exact) mass is 380 g/mol. The molecule has 1 aromatic carbocycles. The molecule has 0 bridgehead atoms. The van der Waals surface area contributed by atoms with Gasteiger partial charge in [-0.05, 0) is 13.3 Å². The molecule has 7 nitrogen and oxygen atoms in total. The number of likely N-dealkylation sites (tertiary alicyclic amines) is 1. The van der Waals surface area contributed by atoms with Crippen molar-refractivity contribution in [1.29, 1.82) is 0 Å². The standard InChI is InChI=1S/C21H24N4O3/c1-3-9-24-12-21(20(27)28)13-25(11-16(21)19(24)26)17-10-14(2)22-18(23-17)15-7-5-4-6-8-15/h4-8,10,16H,3,9,11-13H2,1-2H3,(H,27,28)/t16-,21+/m1/s1. The van der Waals surface area contributed by atoms with Crippen LogP contribution in [0.2, 0.25) is 0 Å². The Morgan fingerprint density at radius 3 is 2.64 bits per heavy atom. The fraction of sp³-hybridized carbons (Fsp3) is 0.429. The molecule has 146 valence electrons. The van der Waals surface area contributed by atoms with Crippen LogP contribution in [0.5, 0.6) is 0 Å². The van der Waals surface area contributed by atoms with E-state index >= 15 is 0 Å². The van der Waals surface area contributed by atoms with Crippen LogP contribution < -0.4 is 4.90 Å². The average Bonchev–Trinajstić information content (AvgIpc) is 3.19. The number of benzene rings is 1. The lowest BCUT2D eigenvalue weighted by Gasteiger charge is -2.26. The van der Waals surface area contributed by atoms with Gasteiger partial charge in [0, 0.05) is 43.5 Å². The van der Waals surface area contributed by atoms with Crippen LogP contribution in [0.1, 0.15) is 19.0 Å². The summed E-state index contributed by atoms with van der Waals surface area (Å²) in [7, 11) is 0. The van der Waals surface area contributed by atoms with Crippen LogP contribution in [0, 0.1) is 18.3 Å². The van der Waals surface area contributed by atoms with Crippen LogP contribution in [0.4, 0.5) is 5.82 Å². The van der Waals surface area contributed by atoms with E-state index in [0.29, 0.717) is 24.7 Å². The Balaban J connectivity index is 1.67. The first-order chi connectivity index (χ1) is 13.4. The molecule has 4 rings (SSSR count). The second kappa shape index (κ2) is 6.89. The lowest BCUT2D eigenvalue weighted by atomic mass is 9.81. The van der Waals surface area contributed by atoms with Crippen LogP contribution in [0.3, 0.4) is 0 Å². The van der Waals surface area contributed by atoms with E-state index in [4.69, 9.17) is 0 Å². The number of hydrogen-bond acceptors (Lipinski definition) is 5. The van der Waals surface area contributed by atoms with Crippen LogP contribution in [0.25, 0.3) is 11.4 Å². The van der Waals surface area contributed by atoms with Crippen molar-refractivity contribution < 1.29 is 14.7 Å².